The number of hydrogen-bond acceptors (Lipinski definition) is 6. The van der Waals surface area contributed by atoms with Crippen molar-refractivity contribution in [1.82, 2.24) is 0 Å². The number of nitro groups is 2. The van der Waals surface area contributed by atoms with Crippen LogP contribution < -0.4 is 10.6 Å². The Hall–Kier alpha value is -3.49. The van der Waals surface area contributed by atoms with Gasteiger partial charge >= 0.3 is 5.69 Å². The zero-order chi connectivity index (χ0) is 17.0. The number of nitrogens with zero attached hydrogens (tertiary/aromatic N) is 3. The van der Waals surface area contributed by atoms with Crippen molar-refractivity contribution in [2.45, 2.75) is 6.92 Å². The zero-order valence-electron chi connectivity index (χ0n) is 12.0. The fourth-order valence-corrected chi connectivity index (χ4v) is 1.71. The third-order valence-electron chi connectivity index (χ3n) is 2.94. The van der Waals surface area contributed by atoms with Crippen LogP contribution in [0.5, 0.6) is 5.75 Å². The van der Waals surface area contributed by atoms with Gasteiger partial charge in [-0.3, -0.25) is 20.2 Å². The van der Waals surface area contributed by atoms with Gasteiger partial charge in [-0.25, -0.2) is 0 Å². The van der Waals surface area contributed by atoms with E-state index in [1.165, 1.54) is 0 Å². The van der Waals surface area contributed by atoms with Gasteiger partial charge in [0.25, 0.3) is 5.69 Å². The molecular formula is C14H12N4O5. The average molecular weight is 316 g/mol. The minimum atomic E-state index is -0.792. The summed E-state index contributed by atoms with van der Waals surface area (Å²) in [5.74, 6) is -0.215. The Morgan fingerprint density at radius 3 is 2.30 bits per heavy atom. The third-order valence-corrected chi connectivity index (χ3v) is 2.94. The zero-order valence-corrected chi connectivity index (χ0v) is 12.0. The number of aryl methyl sites for hydroxylation is 1. The van der Waals surface area contributed by atoms with Gasteiger partial charge in [-0.1, -0.05) is 35.0 Å². The molecule has 0 unspecified atom stereocenters. The van der Waals surface area contributed by atoms with Gasteiger partial charge in [-0.2, -0.15) is 0 Å². The number of benzene rings is 2. The van der Waals surface area contributed by atoms with E-state index in [1.807, 2.05) is 19.1 Å². The van der Waals surface area contributed by atoms with Crippen molar-refractivity contribution in [3.8, 4) is 5.75 Å². The molecule has 0 amide bonds. The molecule has 0 aliphatic carbocycles. The lowest BCUT2D eigenvalue weighted by molar-refractivity contribution is -0.394. The number of rotatable bonds is 5. The van der Waals surface area contributed by atoms with Crippen LogP contribution in [-0.4, -0.2) is 15.7 Å². The molecule has 118 valence electrons. The number of amidine groups is 1. The van der Waals surface area contributed by atoms with Crippen molar-refractivity contribution in [3.63, 3.8) is 0 Å². The standard InChI is InChI=1S/C14H12N4O5/c1-9-2-4-10(5-3-9)14(15)16-23-13-7-6-11(17(19)20)8-12(13)18(21)22/h2-8H,1H3,(H2,15,16). The smallest absolute Gasteiger partial charge is 0.321 e. The molecule has 0 aromatic heterocycles. The molecule has 0 aliphatic heterocycles. The van der Waals surface area contributed by atoms with Gasteiger partial charge in [-0.15, -0.1) is 0 Å². The highest BCUT2D eigenvalue weighted by Crippen LogP contribution is 2.31. The summed E-state index contributed by atoms with van der Waals surface area (Å²) in [6, 6.07) is 10.1. The van der Waals surface area contributed by atoms with Crippen molar-refractivity contribution < 1.29 is 14.7 Å². The van der Waals surface area contributed by atoms with Gasteiger partial charge in [0.15, 0.2) is 5.84 Å². The van der Waals surface area contributed by atoms with E-state index in [4.69, 9.17) is 10.6 Å². The van der Waals surface area contributed by atoms with Crippen molar-refractivity contribution in [2.75, 3.05) is 0 Å². The predicted molar refractivity (Wildman–Crippen MR) is 82.3 cm³/mol. The van der Waals surface area contributed by atoms with Crippen molar-refractivity contribution >= 4 is 17.2 Å². The lowest BCUT2D eigenvalue weighted by Crippen LogP contribution is -2.14. The summed E-state index contributed by atoms with van der Waals surface area (Å²) in [5.41, 5.74) is 6.38. The fourth-order valence-electron chi connectivity index (χ4n) is 1.71. The predicted octanol–water partition coefficient (Wildman–Crippen LogP) is 2.51. The van der Waals surface area contributed by atoms with Crippen molar-refractivity contribution in [3.05, 3.63) is 73.8 Å². The van der Waals surface area contributed by atoms with E-state index in [-0.39, 0.29) is 11.6 Å². The van der Waals surface area contributed by atoms with Gasteiger partial charge < -0.3 is 10.6 Å². The third kappa shape index (κ3) is 3.79. The van der Waals surface area contributed by atoms with Crippen molar-refractivity contribution in [2.24, 2.45) is 10.9 Å². The quantitative estimate of drug-likeness (QED) is 0.390. The molecular weight excluding hydrogens is 304 g/mol. The molecule has 0 bridgehead atoms. The number of nitro benzene ring substituents is 2. The Labute approximate surface area is 130 Å². The summed E-state index contributed by atoms with van der Waals surface area (Å²) in [6.07, 6.45) is 0. The van der Waals surface area contributed by atoms with Crippen LogP contribution in [0.4, 0.5) is 11.4 Å². The van der Waals surface area contributed by atoms with Gasteiger partial charge in [-0.05, 0) is 13.0 Å². The largest absolute Gasteiger partial charge is 0.380 e. The highest BCUT2D eigenvalue weighted by molar-refractivity contribution is 5.97. The molecule has 9 heteroatoms. The van der Waals surface area contributed by atoms with Crippen LogP contribution in [0, 0.1) is 27.2 Å². The SMILES string of the molecule is Cc1ccc(C(N)=NOc2ccc([N+](=O)[O-])cc2[N+](=O)[O-])cc1. The molecule has 0 aliphatic rings. The molecule has 0 fully saturated rings. The molecule has 0 spiro atoms. The van der Waals surface area contributed by atoms with E-state index < -0.39 is 21.2 Å². The summed E-state index contributed by atoms with van der Waals surface area (Å²) >= 11 is 0. The number of hydrogen-bond donors (Lipinski definition) is 1. The molecule has 0 radical (unpaired) electrons. The van der Waals surface area contributed by atoms with Crippen LogP contribution in [-0.2, 0) is 0 Å². The second kappa shape index (κ2) is 6.52. The fraction of sp³-hybridized carbons (Fsp3) is 0.0714. The maximum absolute atomic E-state index is 11.0. The van der Waals surface area contributed by atoms with Gasteiger partial charge in [0.1, 0.15) is 0 Å². The molecule has 23 heavy (non-hydrogen) atoms. The molecule has 2 aromatic carbocycles. The molecule has 9 nitrogen and oxygen atoms in total. The van der Waals surface area contributed by atoms with Crippen LogP contribution in [0.25, 0.3) is 0 Å². The Balaban J connectivity index is 2.28. The first-order valence-corrected chi connectivity index (χ1v) is 6.39. The monoisotopic (exact) mass is 316 g/mol. The summed E-state index contributed by atoms with van der Waals surface area (Å²) in [4.78, 5) is 25.1. The molecule has 2 rings (SSSR count). The van der Waals surface area contributed by atoms with Crippen LogP contribution in [0.3, 0.4) is 0 Å². The number of oxime groups is 1. The van der Waals surface area contributed by atoms with E-state index in [0.29, 0.717) is 5.56 Å². The highest BCUT2D eigenvalue weighted by Gasteiger charge is 2.21. The van der Waals surface area contributed by atoms with Gasteiger partial charge in [0.2, 0.25) is 5.75 Å². The lowest BCUT2D eigenvalue weighted by atomic mass is 10.1. The summed E-state index contributed by atoms with van der Waals surface area (Å²) in [5, 5.41) is 25.3. The molecule has 0 saturated heterocycles. The Morgan fingerprint density at radius 1 is 1.09 bits per heavy atom. The molecule has 0 heterocycles. The minimum absolute atomic E-state index is 0.0256. The normalized spacial score (nSPS) is 11.1. The van der Waals surface area contributed by atoms with E-state index in [1.54, 1.807) is 12.1 Å². The molecule has 2 N–H and O–H groups in total. The van der Waals surface area contributed by atoms with E-state index in [0.717, 1.165) is 23.8 Å². The highest BCUT2D eigenvalue weighted by atomic mass is 16.7. The van der Waals surface area contributed by atoms with Crippen LogP contribution in [0.15, 0.2) is 47.6 Å². The molecule has 2 aromatic rings. The van der Waals surface area contributed by atoms with Crippen LogP contribution in [0.2, 0.25) is 0 Å². The first kappa shape index (κ1) is 15.9. The minimum Gasteiger partial charge on any atom is -0.380 e. The van der Waals surface area contributed by atoms with E-state index in [9.17, 15) is 20.2 Å². The maximum atomic E-state index is 11.0. The van der Waals surface area contributed by atoms with Crippen LogP contribution in [0.1, 0.15) is 11.1 Å². The second-order valence-corrected chi connectivity index (χ2v) is 4.60. The van der Waals surface area contributed by atoms with E-state index in [2.05, 4.69) is 5.16 Å². The van der Waals surface area contributed by atoms with Gasteiger partial charge in [0, 0.05) is 11.6 Å². The number of non-ortho nitro benzene ring substituents is 1. The molecule has 0 saturated carbocycles. The van der Waals surface area contributed by atoms with Gasteiger partial charge in [0.05, 0.1) is 15.9 Å². The lowest BCUT2D eigenvalue weighted by Gasteiger charge is -2.03. The van der Waals surface area contributed by atoms with E-state index >= 15 is 0 Å². The topological polar surface area (TPSA) is 134 Å². The Kier molecular flexibility index (Phi) is 4.50. The van der Waals surface area contributed by atoms with Crippen LogP contribution >= 0.6 is 0 Å². The maximum Gasteiger partial charge on any atom is 0.321 e. The number of nitrogens with two attached hydrogens (primary N) is 1. The first-order valence-electron chi connectivity index (χ1n) is 6.39. The Morgan fingerprint density at radius 2 is 1.74 bits per heavy atom. The first-order chi connectivity index (χ1) is 10.9. The summed E-state index contributed by atoms with van der Waals surface area (Å²) in [7, 11) is 0. The van der Waals surface area contributed by atoms with Crippen molar-refractivity contribution in [1.29, 1.82) is 0 Å². The molecule has 0 atom stereocenters. The average Bonchev–Trinajstić information content (AvgIpc) is 2.52. The second-order valence-electron chi connectivity index (χ2n) is 4.60. The summed E-state index contributed by atoms with van der Waals surface area (Å²) in [6.45, 7) is 1.91. The summed E-state index contributed by atoms with van der Waals surface area (Å²) < 4.78 is 0. The Bertz CT molecular complexity index is 786.